The standard InChI is InChI=1S/C34H24N2O6/c1-22(23-2-10-27(11-3-23)41-29-14-6-25(7-15-29)35-31(37)18-19-32(35)38)24-4-12-28(13-5-24)42-30-16-8-26(9-17-30)36-33(39)20-21-34(36)40/h2-22H,1H3. The van der Waals surface area contributed by atoms with Crippen molar-refractivity contribution in [1.82, 2.24) is 0 Å². The van der Waals surface area contributed by atoms with Crippen LogP contribution in [0, 0.1) is 0 Å². The molecule has 206 valence electrons. The fourth-order valence-electron chi connectivity index (χ4n) is 4.75. The van der Waals surface area contributed by atoms with Crippen LogP contribution >= 0.6 is 0 Å². The summed E-state index contributed by atoms with van der Waals surface area (Å²) < 4.78 is 11.9. The third-order valence-electron chi connectivity index (χ3n) is 7.04. The molecule has 0 bridgehead atoms. The topological polar surface area (TPSA) is 93.2 Å². The Bertz CT molecular complexity index is 1570. The number of carbonyl (C=O) groups excluding carboxylic acids is 4. The van der Waals surface area contributed by atoms with Gasteiger partial charge in [0.05, 0.1) is 11.4 Å². The SMILES string of the molecule is CC(c1ccc(Oc2ccc(N3C(=O)C=CC3=O)cc2)cc1)c1ccc(Oc2ccc(N3C(=O)C=CC3=O)cc2)cc1. The van der Waals surface area contributed by atoms with Crippen molar-refractivity contribution in [1.29, 1.82) is 0 Å². The van der Waals surface area contributed by atoms with Gasteiger partial charge in [0.2, 0.25) is 0 Å². The van der Waals surface area contributed by atoms with Gasteiger partial charge in [-0.05, 0) is 83.9 Å². The summed E-state index contributed by atoms with van der Waals surface area (Å²) in [6, 6.07) is 29.2. The van der Waals surface area contributed by atoms with Gasteiger partial charge in [-0.1, -0.05) is 31.2 Å². The second-order valence-corrected chi connectivity index (χ2v) is 9.74. The first-order valence-corrected chi connectivity index (χ1v) is 13.2. The van der Waals surface area contributed by atoms with Gasteiger partial charge in [0.25, 0.3) is 23.6 Å². The summed E-state index contributed by atoms with van der Waals surface area (Å²) in [7, 11) is 0. The summed E-state index contributed by atoms with van der Waals surface area (Å²) in [5, 5.41) is 0. The van der Waals surface area contributed by atoms with Crippen LogP contribution in [0.25, 0.3) is 0 Å². The normalized spacial score (nSPS) is 14.4. The Morgan fingerprint density at radius 2 is 0.690 bits per heavy atom. The molecule has 0 saturated carbocycles. The number of amides is 4. The van der Waals surface area contributed by atoms with E-state index in [1.165, 1.54) is 24.3 Å². The Hall–Kier alpha value is -5.76. The number of carbonyl (C=O) groups is 4. The quantitative estimate of drug-likeness (QED) is 0.237. The zero-order chi connectivity index (χ0) is 29.2. The molecule has 2 aliphatic heterocycles. The molecule has 8 nitrogen and oxygen atoms in total. The average Bonchev–Trinajstić information content (AvgIpc) is 3.53. The zero-order valence-corrected chi connectivity index (χ0v) is 22.5. The molecule has 0 atom stereocenters. The highest BCUT2D eigenvalue weighted by molar-refractivity contribution is 6.28. The first-order valence-electron chi connectivity index (χ1n) is 13.2. The van der Waals surface area contributed by atoms with E-state index in [0.717, 1.165) is 20.9 Å². The summed E-state index contributed by atoms with van der Waals surface area (Å²) in [6.07, 6.45) is 5.01. The first-order chi connectivity index (χ1) is 20.4. The van der Waals surface area contributed by atoms with Gasteiger partial charge in [0, 0.05) is 30.2 Å². The molecule has 0 radical (unpaired) electrons. The van der Waals surface area contributed by atoms with Crippen molar-refractivity contribution in [3.05, 3.63) is 132 Å². The van der Waals surface area contributed by atoms with E-state index < -0.39 is 0 Å². The Morgan fingerprint density at radius 1 is 0.429 bits per heavy atom. The Kier molecular flexibility index (Phi) is 6.94. The number of ether oxygens (including phenoxy) is 2. The predicted molar refractivity (Wildman–Crippen MR) is 157 cm³/mol. The minimum absolute atomic E-state index is 0.125. The Balaban J connectivity index is 1.05. The second-order valence-electron chi connectivity index (χ2n) is 9.74. The molecule has 2 heterocycles. The molecule has 42 heavy (non-hydrogen) atoms. The van der Waals surface area contributed by atoms with Gasteiger partial charge < -0.3 is 9.47 Å². The van der Waals surface area contributed by atoms with Gasteiger partial charge in [-0.2, -0.15) is 0 Å². The van der Waals surface area contributed by atoms with Crippen LogP contribution in [-0.2, 0) is 19.2 Å². The molecule has 0 aliphatic carbocycles. The van der Waals surface area contributed by atoms with Crippen LogP contribution in [0.15, 0.2) is 121 Å². The van der Waals surface area contributed by atoms with Gasteiger partial charge in [0.1, 0.15) is 23.0 Å². The lowest BCUT2D eigenvalue weighted by Gasteiger charge is -2.16. The number of anilines is 2. The smallest absolute Gasteiger partial charge is 0.258 e. The van der Waals surface area contributed by atoms with Crippen LogP contribution < -0.4 is 19.3 Å². The summed E-state index contributed by atoms with van der Waals surface area (Å²) in [6.45, 7) is 2.12. The molecule has 0 saturated heterocycles. The summed E-state index contributed by atoms with van der Waals surface area (Å²) in [4.78, 5) is 49.7. The molecular formula is C34H24N2O6. The fraction of sp³-hybridized carbons (Fsp3) is 0.0588. The maximum absolute atomic E-state index is 11.9. The van der Waals surface area contributed by atoms with Gasteiger partial charge >= 0.3 is 0 Å². The number of hydrogen-bond acceptors (Lipinski definition) is 6. The molecule has 8 heteroatoms. The van der Waals surface area contributed by atoms with Crippen molar-refractivity contribution in [3.63, 3.8) is 0 Å². The average molecular weight is 557 g/mol. The zero-order valence-electron chi connectivity index (χ0n) is 22.5. The predicted octanol–water partition coefficient (Wildman–Crippen LogP) is 6.28. The van der Waals surface area contributed by atoms with Crippen molar-refractivity contribution in [3.8, 4) is 23.0 Å². The third-order valence-corrected chi connectivity index (χ3v) is 7.04. The molecule has 4 amide bonds. The van der Waals surface area contributed by atoms with Crippen LogP contribution in [-0.4, -0.2) is 23.6 Å². The van der Waals surface area contributed by atoms with Crippen molar-refractivity contribution < 1.29 is 28.7 Å². The minimum atomic E-state index is -0.361. The molecular weight excluding hydrogens is 532 g/mol. The van der Waals surface area contributed by atoms with Crippen molar-refractivity contribution >= 4 is 35.0 Å². The van der Waals surface area contributed by atoms with Crippen LogP contribution in [0.5, 0.6) is 23.0 Å². The second kappa shape index (κ2) is 11.0. The largest absolute Gasteiger partial charge is 0.457 e. The van der Waals surface area contributed by atoms with Gasteiger partial charge in [-0.3, -0.25) is 19.2 Å². The van der Waals surface area contributed by atoms with Gasteiger partial charge in [0.15, 0.2) is 0 Å². The summed E-state index contributed by atoms with van der Waals surface area (Å²) in [5.41, 5.74) is 3.21. The number of rotatable bonds is 8. The molecule has 4 aromatic carbocycles. The Labute approximate surface area is 241 Å². The third kappa shape index (κ3) is 5.33. The lowest BCUT2D eigenvalue weighted by molar-refractivity contribution is -0.121. The van der Waals surface area contributed by atoms with Gasteiger partial charge in [-0.15, -0.1) is 0 Å². The highest BCUT2D eigenvalue weighted by Crippen LogP contribution is 2.31. The number of imide groups is 2. The van der Waals surface area contributed by atoms with Crippen molar-refractivity contribution in [2.75, 3.05) is 9.80 Å². The monoisotopic (exact) mass is 556 g/mol. The molecule has 2 aliphatic rings. The number of hydrogen-bond donors (Lipinski definition) is 0. The van der Waals surface area contributed by atoms with E-state index in [1.807, 2.05) is 48.5 Å². The van der Waals surface area contributed by atoms with Gasteiger partial charge in [-0.25, -0.2) is 9.80 Å². The number of nitrogens with zero attached hydrogens (tertiary/aromatic N) is 2. The van der Waals surface area contributed by atoms with Crippen LogP contribution in [0.3, 0.4) is 0 Å². The van der Waals surface area contributed by atoms with E-state index in [1.54, 1.807) is 48.5 Å². The van der Waals surface area contributed by atoms with E-state index in [2.05, 4.69) is 6.92 Å². The molecule has 6 rings (SSSR count). The number of benzene rings is 4. The van der Waals surface area contributed by atoms with Crippen LogP contribution in [0.4, 0.5) is 11.4 Å². The van der Waals surface area contributed by atoms with Crippen LogP contribution in [0.2, 0.25) is 0 Å². The fourth-order valence-corrected chi connectivity index (χ4v) is 4.75. The molecule has 0 N–H and O–H groups in total. The highest BCUT2D eigenvalue weighted by Gasteiger charge is 2.26. The van der Waals surface area contributed by atoms with E-state index in [4.69, 9.17) is 9.47 Å². The van der Waals surface area contributed by atoms with Crippen molar-refractivity contribution in [2.24, 2.45) is 0 Å². The summed E-state index contributed by atoms with van der Waals surface area (Å²) >= 11 is 0. The van der Waals surface area contributed by atoms with E-state index in [9.17, 15) is 19.2 Å². The molecule has 0 spiro atoms. The molecule has 0 fully saturated rings. The maximum atomic E-state index is 11.9. The first kappa shape index (κ1) is 26.5. The summed E-state index contributed by atoms with van der Waals surface area (Å²) in [5.74, 6) is 1.19. The Morgan fingerprint density at radius 3 is 0.976 bits per heavy atom. The lowest BCUT2D eigenvalue weighted by Crippen LogP contribution is -2.29. The highest BCUT2D eigenvalue weighted by atomic mass is 16.5. The van der Waals surface area contributed by atoms with E-state index in [-0.39, 0.29) is 29.5 Å². The van der Waals surface area contributed by atoms with E-state index >= 15 is 0 Å². The molecule has 0 unspecified atom stereocenters. The lowest BCUT2D eigenvalue weighted by atomic mass is 9.93. The van der Waals surface area contributed by atoms with Crippen LogP contribution in [0.1, 0.15) is 24.0 Å². The van der Waals surface area contributed by atoms with Crippen molar-refractivity contribution in [2.45, 2.75) is 12.8 Å². The maximum Gasteiger partial charge on any atom is 0.258 e. The molecule has 4 aromatic rings. The minimum Gasteiger partial charge on any atom is -0.457 e. The van der Waals surface area contributed by atoms with E-state index in [0.29, 0.717) is 34.4 Å². The molecule has 0 aromatic heterocycles.